The van der Waals surface area contributed by atoms with Crippen LogP contribution in [0.5, 0.6) is 5.75 Å². The number of hydrogen-bond donors (Lipinski definition) is 1. The van der Waals surface area contributed by atoms with Crippen molar-refractivity contribution in [3.8, 4) is 5.75 Å². The molecule has 35 heavy (non-hydrogen) atoms. The second-order valence-corrected chi connectivity index (χ2v) is 10.6. The number of rotatable bonds is 6. The van der Waals surface area contributed by atoms with E-state index in [1.807, 2.05) is 44.4 Å². The molecule has 4 heterocycles. The van der Waals surface area contributed by atoms with Crippen molar-refractivity contribution in [2.75, 3.05) is 13.2 Å². The number of pyridine rings is 1. The van der Waals surface area contributed by atoms with Crippen LogP contribution in [0.25, 0.3) is 11.2 Å². The summed E-state index contributed by atoms with van der Waals surface area (Å²) in [7, 11) is 0. The van der Waals surface area contributed by atoms with Crippen LogP contribution in [-0.4, -0.2) is 51.0 Å². The first-order valence-electron chi connectivity index (χ1n) is 11.9. The molecule has 186 valence electrons. The molecule has 0 radical (unpaired) electrons. The Labute approximate surface area is 204 Å². The summed E-state index contributed by atoms with van der Waals surface area (Å²) in [5.41, 5.74) is 8.36. The van der Waals surface area contributed by atoms with Crippen LogP contribution in [0.15, 0.2) is 54.7 Å². The lowest BCUT2D eigenvalue weighted by Crippen LogP contribution is -2.44. The highest BCUT2D eigenvalue weighted by molar-refractivity contribution is 5.77. The minimum Gasteiger partial charge on any atom is -0.489 e. The Morgan fingerprint density at radius 2 is 2.09 bits per heavy atom. The number of allylic oxidation sites excluding steroid dienone is 5. The van der Waals surface area contributed by atoms with Crippen molar-refractivity contribution in [1.82, 2.24) is 14.3 Å². The molecule has 5 rings (SSSR count). The predicted octanol–water partition coefficient (Wildman–Crippen LogP) is 4.77. The van der Waals surface area contributed by atoms with E-state index in [2.05, 4.69) is 23.3 Å². The third-order valence-electron chi connectivity index (χ3n) is 6.56. The van der Waals surface area contributed by atoms with E-state index in [-0.39, 0.29) is 18.9 Å². The lowest BCUT2D eigenvalue weighted by molar-refractivity contribution is 0.111. The van der Waals surface area contributed by atoms with Crippen molar-refractivity contribution >= 4 is 11.2 Å². The Morgan fingerprint density at radius 1 is 1.31 bits per heavy atom. The number of aryl methyl sites for hydroxylation is 2. The molecule has 2 aliphatic heterocycles. The molecule has 8 heteroatoms. The van der Waals surface area contributed by atoms with Crippen LogP contribution >= 0.6 is 0 Å². The highest BCUT2D eigenvalue weighted by Gasteiger charge is 2.43. The van der Waals surface area contributed by atoms with Gasteiger partial charge in [0.1, 0.15) is 24.2 Å². The molecular formula is C27H32F2N4O2. The molecule has 2 aromatic rings. The van der Waals surface area contributed by atoms with Gasteiger partial charge in [0.2, 0.25) is 0 Å². The number of epoxide rings is 1. The Kier molecular flexibility index (Phi) is 5.64. The van der Waals surface area contributed by atoms with Crippen LogP contribution < -0.4 is 10.5 Å². The zero-order valence-electron chi connectivity index (χ0n) is 20.8. The van der Waals surface area contributed by atoms with Gasteiger partial charge in [0.15, 0.2) is 17.6 Å². The zero-order valence-corrected chi connectivity index (χ0v) is 20.8. The third kappa shape index (κ3) is 4.65. The summed E-state index contributed by atoms with van der Waals surface area (Å²) in [6.45, 7) is 9.75. The van der Waals surface area contributed by atoms with Crippen LogP contribution in [0.1, 0.15) is 37.7 Å². The number of nitrogens with zero attached hydrogens (tertiary/aromatic N) is 3. The number of alkyl halides is 1. The van der Waals surface area contributed by atoms with Gasteiger partial charge in [-0.05, 0) is 58.4 Å². The fraction of sp³-hybridized carbons (Fsp3) is 0.444. The molecular weight excluding hydrogens is 450 g/mol. The maximum atomic E-state index is 14.9. The van der Waals surface area contributed by atoms with Crippen LogP contribution in [0.3, 0.4) is 0 Å². The fourth-order valence-electron chi connectivity index (χ4n) is 4.82. The lowest BCUT2D eigenvalue weighted by atomic mass is 9.87. The fourth-order valence-corrected chi connectivity index (χ4v) is 4.82. The quantitative estimate of drug-likeness (QED) is 0.601. The molecule has 2 N–H and O–H groups in total. The maximum Gasteiger partial charge on any atom is 0.180 e. The minimum atomic E-state index is -1.82. The van der Waals surface area contributed by atoms with Crippen LogP contribution in [0.2, 0.25) is 0 Å². The highest BCUT2D eigenvalue weighted by atomic mass is 19.1. The molecule has 0 amide bonds. The largest absolute Gasteiger partial charge is 0.489 e. The number of ether oxygens (including phenoxy) is 2. The molecule has 0 spiro atoms. The van der Waals surface area contributed by atoms with Gasteiger partial charge in [0, 0.05) is 30.1 Å². The number of halogens is 2. The van der Waals surface area contributed by atoms with Gasteiger partial charge in [-0.1, -0.05) is 18.2 Å². The number of aromatic nitrogens is 2. The SMILES string of the molecule is Cc1cc(OCC2C(F)=CC=CC2(C)F)c2nc(C)c(C3=CN(CC(C)(C)N)C4OC4C=C3)n2c1. The molecule has 0 aromatic carbocycles. The van der Waals surface area contributed by atoms with E-state index in [0.717, 1.165) is 22.5 Å². The maximum absolute atomic E-state index is 14.9. The molecule has 2 aromatic heterocycles. The first-order chi connectivity index (χ1) is 16.4. The van der Waals surface area contributed by atoms with E-state index in [9.17, 15) is 8.78 Å². The molecule has 1 fully saturated rings. The second kappa shape index (κ2) is 8.31. The van der Waals surface area contributed by atoms with Gasteiger partial charge in [-0.25, -0.2) is 13.8 Å². The molecule has 0 bridgehead atoms. The topological polar surface area (TPSA) is 68.3 Å². The monoisotopic (exact) mass is 482 g/mol. The summed E-state index contributed by atoms with van der Waals surface area (Å²) in [6, 6.07) is 1.85. The average molecular weight is 483 g/mol. The highest BCUT2D eigenvalue weighted by Crippen LogP contribution is 2.37. The summed E-state index contributed by atoms with van der Waals surface area (Å²) in [5, 5.41) is 0. The third-order valence-corrected chi connectivity index (χ3v) is 6.56. The van der Waals surface area contributed by atoms with Crippen molar-refractivity contribution in [3.05, 3.63) is 71.6 Å². The molecule has 0 saturated carbocycles. The Balaban J connectivity index is 1.51. The summed E-state index contributed by atoms with van der Waals surface area (Å²) >= 11 is 0. The van der Waals surface area contributed by atoms with Crippen LogP contribution in [0.4, 0.5) is 8.78 Å². The summed E-state index contributed by atoms with van der Waals surface area (Å²) in [5.74, 6) is -1.06. The van der Waals surface area contributed by atoms with E-state index in [0.29, 0.717) is 17.9 Å². The Bertz CT molecular complexity index is 1280. The van der Waals surface area contributed by atoms with E-state index in [1.165, 1.54) is 25.2 Å². The summed E-state index contributed by atoms with van der Waals surface area (Å²) in [6.07, 6.45) is 12.2. The van der Waals surface area contributed by atoms with Crippen LogP contribution in [0, 0.1) is 19.8 Å². The normalized spacial score (nSPS) is 28.0. The molecule has 4 atom stereocenters. The minimum absolute atomic E-state index is 0.0193. The standard InChI is InChI=1S/C27H32F2N4O2/c1-16-11-22(34-14-19-20(28)7-6-10-27(19,5)29)24-31-17(2)23(33(24)12-16)18-8-9-21-25(35-21)32(13-18)15-26(3,4)30/h6-13,19,21,25H,14-15,30H2,1-5H3. The van der Waals surface area contributed by atoms with Gasteiger partial charge < -0.3 is 20.1 Å². The number of fused-ring (bicyclic) bond motifs is 2. The summed E-state index contributed by atoms with van der Waals surface area (Å²) in [4.78, 5) is 6.92. The summed E-state index contributed by atoms with van der Waals surface area (Å²) < 4.78 is 43.1. The van der Waals surface area contributed by atoms with Crippen molar-refractivity contribution in [2.45, 2.75) is 58.2 Å². The lowest BCUT2D eigenvalue weighted by Gasteiger charge is -2.28. The number of hydrogen-bond acceptors (Lipinski definition) is 5. The van der Waals surface area contributed by atoms with Gasteiger partial charge in [-0.15, -0.1) is 0 Å². The van der Waals surface area contributed by atoms with Crippen molar-refractivity contribution in [1.29, 1.82) is 0 Å². The van der Waals surface area contributed by atoms with Gasteiger partial charge in [-0.2, -0.15) is 0 Å². The van der Waals surface area contributed by atoms with Crippen LogP contribution in [-0.2, 0) is 4.74 Å². The van der Waals surface area contributed by atoms with Gasteiger partial charge >= 0.3 is 0 Å². The smallest absolute Gasteiger partial charge is 0.180 e. The van der Waals surface area contributed by atoms with E-state index < -0.39 is 23.0 Å². The van der Waals surface area contributed by atoms with E-state index in [1.54, 1.807) is 0 Å². The molecule has 6 nitrogen and oxygen atoms in total. The number of nitrogens with two attached hydrogens (primary N) is 1. The van der Waals surface area contributed by atoms with Crippen molar-refractivity contribution < 1.29 is 18.3 Å². The van der Waals surface area contributed by atoms with Gasteiger partial charge in [0.05, 0.1) is 17.3 Å². The van der Waals surface area contributed by atoms with E-state index >= 15 is 0 Å². The van der Waals surface area contributed by atoms with Crippen molar-refractivity contribution in [2.24, 2.45) is 11.7 Å². The van der Waals surface area contributed by atoms with Gasteiger partial charge in [-0.3, -0.25) is 4.40 Å². The first kappa shape index (κ1) is 23.8. The van der Waals surface area contributed by atoms with E-state index in [4.69, 9.17) is 20.2 Å². The molecule has 1 saturated heterocycles. The molecule has 3 aliphatic rings. The zero-order chi connectivity index (χ0) is 25.1. The average Bonchev–Trinajstić information content (AvgIpc) is 3.45. The van der Waals surface area contributed by atoms with Gasteiger partial charge in [0.25, 0.3) is 0 Å². The molecule has 4 unspecified atom stereocenters. The second-order valence-electron chi connectivity index (χ2n) is 10.6. The Morgan fingerprint density at radius 3 is 2.80 bits per heavy atom. The number of imidazole rings is 1. The van der Waals surface area contributed by atoms with Crippen molar-refractivity contribution in [3.63, 3.8) is 0 Å². The molecule has 1 aliphatic carbocycles. The predicted molar refractivity (Wildman–Crippen MR) is 132 cm³/mol. The first-order valence-corrected chi connectivity index (χ1v) is 11.9. The Hall–Kier alpha value is -2.97.